The smallest absolute Gasteiger partial charge is 0.237 e. The van der Waals surface area contributed by atoms with Gasteiger partial charge in [-0.2, -0.15) is 0 Å². The number of nitrogens with zero attached hydrogens (tertiary/aromatic N) is 4. The number of fused-ring (bicyclic) bond motifs is 4. The van der Waals surface area contributed by atoms with Crippen molar-refractivity contribution < 1.29 is 4.79 Å². The highest BCUT2D eigenvalue weighted by Crippen LogP contribution is 2.30. The molecule has 3 aromatic carbocycles. The predicted octanol–water partition coefficient (Wildman–Crippen LogP) is 6.05. The molecule has 0 spiro atoms. The van der Waals surface area contributed by atoms with Crippen LogP contribution >= 0.6 is 11.8 Å². The third-order valence-corrected chi connectivity index (χ3v) is 6.98. The zero-order chi connectivity index (χ0) is 22.8. The molecule has 1 N–H and O–H groups in total. The molecule has 7 heteroatoms. The lowest BCUT2D eigenvalue weighted by Gasteiger charge is -2.15. The third-order valence-electron chi connectivity index (χ3n) is 5.76. The number of para-hydroxylation sites is 1. The average Bonchev–Trinajstić information content (AvgIpc) is 3.16. The maximum atomic E-state index is 13.2. The van der Waals surface area contributed by atoms with Crippen molar-refractivity contribution in [1.29, 1.82) is 0 Å². The van der Waals surface area contributed by atoms with Crippen LogP contribution in [0.4, 0.5) is 5.69 Å². The van der Waals surface area contributed by atoms with Gasteiger partial charge in [-0.25, -0.2) is 4.98 Å². The van der Waals surface area contributed by atoms with Gasteiger partial charge in [0.15, 0.2) is 5.65 Å². The highest BCUT2D eigenvalue weighted by atomic mass is 32.2. The topological polar surface area (TPSA) is 72.7 Å². The molecule has 0 aliphatic heterocycles. The number of hydrogen-bond acceptors (Lipinski definition) is 5. The number of nitrogens with one attached hydrogen (secondary N) is 1. The molecule has 33 heavy (non-hydrogen) atoms. The largest absolute Gasteiger partial charge is 0.325 e. The normalized spacial score (nSPS) is 12.4. The van der Waals surface area contributed by atoms with Crippen molar-refractivity contribution in [2.75, 3.05) is 5.32 Å². The fourth-order valence-electron chi connectivity index (χ4n) is 4.19. The summed E-state index contributed by atoms with van der Waals surface area (Å²) in [5.74, 6) is -0.0587. The Bertz CT molecular complexity index is 1460. The fraction of sp³-hybridized carbons (Fsp3) is 0.231. The quantitative estimate of drug-likeness (QED) is 0.302. The minimum absolute atomic E-state index is 0.0587. The molecule has 5 aromatic rings. The number of rotatable bonds is 7. The molecule has 0 bridgehead atoms. The van der Waals surface area contributed by atoms with E-state index in [1.165, 1.54) is 11.8 Å². The van der Waals surface area contributed by atoms with Gasteiger partial charge in [0.05, 0.1) is 10.8 Å². The van der Waals surface area contributed by atoms with Crippen LogP contribution in [0.5, 0.6) is 0 Å². The van der Waals surface area contributed by atoms with Gasteiger partial charge in [0.1, 0.15) is 5.52 Å². The van der Waals surface area contributed by atoms with Crippen molar-refractivity contribution in [3.8, 4) is 0 Å². The minimum Gasteiger partial charge on any atom is -0.325 e. The Morgan fingerprint density at radius 3 is 2.55 bits per heavy atom. The molecule has 2 heterocycles. The van der Waals surface area contributed by atoms with Crippen LogP contribution in [0.25, 0.3) is 32.8 Å². The van der Waals surface area contributed by atoms with E-state index in [1.807, 2.05) is 61.5 Å². The molecule has 0 radical (unpaired) electrons. The maximum Gasteiger partial charge on any atom is 0.237 e. The van der Waals surface area contributed by atoms with Gasteiger partial charge in [-0.05, 0) is 30.4 Å². The molecule has 0 aliphatic rings. The molecular formula is C26H25N5OS. The van der Waals surface area contributed by atoms with E-state index in [-0.39, 0.29) is 11.2 Å². The highest BCUT2D eigenvalue weighted by molar-refractivity contribution is 8.00. The second kappa shape index (κ2) is 9.19. The summed E-state index contributed by atoms with van der Waals surface area (Å²) >= 11 is 1.36. The van der Waals surface area contributed by atoms with Crippen LogP contribution in [0.15, 0.2) is 71.9 Å². The van der Waals surface area contributed by atoms with Gasteiger partial charge >= 0.3 is 0 Å². The summed E-state index contributed by atoms with van der Waals surface area (Å²) in [5, 5.41) is 15.3. The summed E-state index contributed by atoms with van der Waals surface area (Å²) in [4.78, 5) is 18.0. The van der Waals surface area contributed by atoms with Crippen molar-refractivity contribution in [3.63, 3.8) is 0 Å². The second-order valence-electron chi connectivity index (χ2n) is 7.97. The van der Waals surface area contributed by atoms with E-state index < -0.39 is 0 Å². The van der Waals surface area contributed by atoms with Gasteiger partial charge in [0.2, 0.25) is 11.1 Å². The molecule has 1 amide bonds. The average molecular weight is 456 g/mol. The summed E-state index contributed by atoms with van der Waals surface area (Å²) in [7, 11) is 0. The first kappa shape index (κ1) is 21.4. The molecule has 5 rings (SSSR count). The van der Waals surface area contributed by atoms with Crippen molar-refractivity contribution >= 4 is 56.2 Å². The number of benzene rings is 3. The lowest BCUT2D eigenvalue weighted by molar-refractivity contribution is -0.115. The first-order valence-corrected chi connectivity index (χ1v) is 12.1. The van der Waals surface area contributed by atoms with Gasteiger partial charge in [-0.1, -0.05) is 80.2 Å². The van der Waals surface area contributed by atoms with Crippen LogP contribution in [0.3, 0.4) is 0 Å². The number of carbonyl (C=O) groups excluding carboxylic acids is 1. The van der Waals surface area contributed by atoms with Gasteiger partial charge < -0.3 is 9.88 Å². The molecule has 0 saturated carbocycles. The van der Waals surface area contributed by atoms with Gasteiger partial charge in [0.25, 0.3) is 0 Å². The Balaban J connectivity index is 1.44. The van der Waals surface area contributed by atoms with Crippen molar-refractivity contribution in [3.05, 3.63) is 66.7 Å². The molecule has 6 nitrogen and oxygen atoms in total. The number of hydrogen-bond donors (Lipinski definition) is 1. The summed E-state index contributed by atoms with van der Waals surface area (Å²) in [6.45, 7) is 5.00. The lowest BCUT2D eigenvalue weighted by Crippen LogP contribution is -2.25. The van der Waals surface area contributed by atoms with E-state index in [0.717, 1.165) is 51.5 Å². The van der Waals surface area contributed by atoms with E-state index in [4.69, 9.17) is 4.98 Å². The van der Waals surface area contributed by atoms with E-state index >= 15 is 0 Å². The predicted molar refractivity (Wildman–Crippen MR) is 136 cm³/mol. The van der Waals surface area contributed by atoms with Crippen LogP contribution in [-0.2, 0) is 11.3 Å². The zero-order valence-electron chi connectivity index (χ0n) is 18.7. The summed E-state index contributed by atoms with van der Waals surface area (Å²) in [6, 6.07) is 22.2. The van der Waals surface area contributed by atoms with Gasteiger partial charge in [-0.15, -0.1) is 10.2 Å². The first-order chi connectivity index (χ1) is 16.2. The molecule has 0 unspecified atom stereocenters. The van der Waals surface area contributed by atoms with E-state index in [2.05, 4.69) is 39.1 Å². The SMILES string of the molecule is CCCn1c2ccccc2c2nnc(S[C@@H](CC)C(=O)Nc3cccc4ccccc34)nc21. The van der Waals surface area contributed by atoms with Gasteiger partial charge in [0, 0.05) is 23.0 Å². The Kier molecular flexibility index (Phi) is 5.96. The molecule has 166 valence electrons. The summed E-state index contributed by atoms with van der Waals surface area (Å²) < 4.78 is 2.19. The Morgan fingerprint density at radius 1 is 0.970 bits per heavy atom. The standard InChI is InChI=1S/C26H25N5OS/c1-3-16-31-21-15-8-7-13-19(21)23-24(31)28-26(30-29-23)33-22(4-2)25(32)27-20-14-9-11-17-10-5-6-12-18(17)20/h5-15,22H,3-4,16H2,1-2H3,(H,27,32)/t22-/m0/s1. The van der Waals surface area contributed by atoms with E-state index in [0.29, 0.717) is 11.6 Å². The van der Waals surface area contributed by atoms with Crippen LogP contribution in [0.2, 0.25) is 0 Å². The van der Waals surface area contributed by atoms with Crippen LogP contribution < -0.4 is 5.32 Å². The molecular weight excluding hydrogens is 430 g/mol. The monoisotopic (exact) mass is 455 g/mol. The molecule has 1 atom stereocenters. The van der Waals surface area contributed by atoms with E-state index in [1.54, 1.807) is 0 Å². The number of aromatic nitrogens is 4. The Labute approximate surface area is 196 Å². The molecule has 2 aromatic heterocycles. The summed E-state index contributed by atoms with van der Waals surface area (Å²) in [5.41, 5.74) is 3.55. The minimum atomic E-state index is -0.327. The number of amides is 1. The van der Waals surface area contributed by atoms with Crippen molar-refractivity contribution in [1.82, 2.24) is 19.7 Å². The third kappa shape index (κ3) is 4.04. The number of thioether (sulfide) groups is 1. The number of aryl methyl sites for hydroxylation is 1. The second-order valence-corrected chi connectivity index (χ2v) is 9.14. The van der Waals surface area contributed by atoms with Crippen LogP contribution in [0, 0.1) is 0 Å². The number of carbonyl (C=O) groups is 1. The summed E-state index contributed by atoms with van der Waals surface area (Å²) in [6.07, 6.45) is 1.64. The Hall–Kier alpha value is -3.45. The Morgan fingerprint density at radius 2 is 1.73 bits per heavy atom. The van der Waals surface area contributed by atoms with Crippen LogP contribution in [-0.4, -0.2) is 30.9 Å². The van der Waals surface area contributed by atoms with Crippen molar-refractivity contribution in [2.45, 2.75) is 43.6 Å². The van der Waals surface area contributed by atoms with Crippen molar-refractivity contribution in [2.24, 2.45) is 0 Å². The molecule has 0 fully saturated rings. The first-order valence-electron chi connectivity index (χ1n) is 11.3. The lowest BCUT2D eigenvalue weighted by atomic mass is 10.1. The van der Waals surface area contributed by atoms with Crippen LogP contribution in [0.1, 0.15) is 26.7 Å². The highest BCUT2D eigenvalue weighted by Gasteiger charge is 2.22. The zero-order valence-corrected chi connectivity index (χ0v) is 19.5. The fourth-order valence-corrected chi connectivity index (χ4v) is 5.00. The molecule has 0 aliphatic carbocycles. The maximum absolute atomic E-state index is 13.2. The van der Waals surface area contributed by atoms with Gasteiger partial charge in [-0.3, -0.25) is 4.79 Å². The number of anilines is 1. The van der Waals surface area contributed by atoms with E-state index in [9.17, 15) is 4.79 Å². The molecule has 0 saturated heterocycles.